The molecule has 0 unspecified atom stereocenters. The molecule has 6 nitrogen and oxygen atoms in total. The molecule has 3 aromatic rings. The standard InChI is InChI=1S/C23H26N4O2S/c1-14-6-8-16(9-7-14)19(28)20-18(15-10-12-17(29-5)13-11-15)26-27-21(23(2,3)4)24-25-22(27)30-20/h6-13,18,20,26H,1-5H3/t18-,20+/m1/s1. The number of nitrogens with zero attached hydrogens (tertiary/aromatic N) is 3. The second-order valence-corrected chi connectivity index (χ2v) is 9.65. The van der Waals surface area contributed by atoms with Crippen LogP contribution in [0.2, 0.25) is 0 Å². The summed E-state index contributed by atoms with van der Waals surface area (Å²) < 4.78 is 7.23. The summed E-state index contributed by atoms with van der Waals surface area (Å²) in [5.41, 5.74) is 6.17. The Morgan fingerprint density at radius 3 is 2.33 bits per heavy atom. The van der Waals surface area contributed by atoms with E-state index in [4.69, 9.17) is 4.74 Å². The molecule has 0 saturated heterocycles. The van der Waals surface area contributed by atoms with E-state index in [0.717, 1.165) is 22.7 Å². The van der Waals surface area contributed by atoms with E-state index in [1.165, 1.54) is 11.8 Å². The Kier molecular flexibility index (Phi) is 5.32. The fraction of sp³-hybridized carbons (Fsp3) is 0.348. The molecule has 30 heavy (non-hydrogen) atoms. The average molecular weight is 423 g/mol. The van der Waals surface area contributed by atoms with Crippen LogP contribution in [0.25, 0.3) is 0 Å². The van der Waals surface area contributed by atoms with Gasteiger partial charge >= 0.3 is 0 Å². The first-order valence-corrected chi connectivity index (χ1v) is 10.8. The van der Waals surface area contributed by atoms with Gasteiger partial charge in [-0.05, 0) is 24.6 Å². The number of thioether (sulfide) groups is 1. The van der Waals surface area contributed by atoms with Crippen LogP contribution in [0.5, 0.6) is 5.75 Å². The molecule has 0 fully saturated rings. The van der Waals surface area contributed by atoms with Crippen molar-refractivity contribution in [3.63, 3.8) is 0 Å². The van der Waals surface area contributed by atoms with Crippen molar-refractivity contribution in [2.24, 2.45) is 0 Å². The lowest BCUT2D eigenvalue weighted by atomic mass is 9.95. The van der Waals surface area contributed by atoms with Gasteiger partial charge in [-0.1, -0.05) is 74.5 Å². The molecule has 0 amide bonds. The first-order valence-electron chi connectivity index (χ1n) is 9.92. The minimum atomic E-state index is -0.370. The van der Waals surface area contributed by atoms with E-state index in [2.05, 4.69) is 36.4 Å². The second-order valence-electron chi connectivity index (χ2n) is 8.54. The van der Waals surface area contributed by atoms with Gasteiger partial charge in [0.2, 0.25) is 5.16 Å². The van der Waals surface area contributed by atoms with Crippen LogP contribution in [0.15, 0.2) is 53.7 Å². The Morgan fingerprint density at radius 1 is 1.07 bits per heavy atom. The molecule has 2 heterocycles. The van der Waals surface area contributed by atoms with Gasteiger partial charge in [0, 0.05) is 11.0 Å². The summed E-state index contributed by atoms with van der Waals surface area (Å²) in [6.45, 7) is 8.32. The average Bonchev–Trinajstić information content (AvgIpc) is 3.16. The van der Waals surface area contributed by atoms with Gasteiger partial charge in [0.05, 0.1) is 13.2 Å². The smallest absolute Gasteiger partial charge is 0.210 e. The molecule has 2 aromatic carbocycles. The number of Topliss-reactive ketones (excluding diaryl/α,β-unsaturated/α-hetero) is 1. The summed E-state index contributed by atoms with van der Waals surface area (Å²) in [5, 5.41) is 9.10. The van der Waals surface area contributed by atoms with Gasteiger partial charge in [-0.2, -0.15) is 0 Å². The molecular weight excluding hydrogens is 396 g/mol. The predicted octanol–water partition coefficient (Wildman–Crippen LogP) is 4.53. The van der Waals surface area contributed by atoms with Crippen LogP contribution in [-0.4, -0.2) is 33.0 Å². The maximum atomic E-state index is 13.5. The monoisotopic (exact) mass is 422 g/mol. The molecule has 0 bridgehead atoms. The Morgan fingerprint density at radius 2 is 1.73 bits per heavy atom. The molecule has 0 spiro atoms. The highest BCUT2D eigenvalue weighted by atomic mass is 32.2. The number of benzene rings is 2. The third-order valence-electron chi connectivity index (χ3n) is 5.18. The summed E-state index contributed by atoms with van der Waals surface area (Å²) in [6, 6.07) is 15.3. The van der Waals surface area contributed by atoms with E-state index in [9.17, 15) is 4.79 Å². The summed E-state index contributed by atoms with van der Waals surface area (Å²) in [6.07, 6.45) is 0. The Balaban J connectivity index is 1.76. The zero-order valence-corrected chi connectivity index (χ0v) is 18.7. The van der Waals surface area contributed by atoms with Crippen LogP contribution >= 0.6 is 11.8 Å². The highest BCUT2D eigenvalue weighted by Gasteiger charge is 2.39. The molecule has 0 aliphatic carbocycles. The molecule has 1 aliphatic rings. The number of hydrogen-bond acceptors (Lipinski definition) is 6. The molecule has 1 aromatic heterocycles. The molecule has 156 valence electrons. The Bertz CT molecular complexity index is 1050. The molecule has 1 N–H and O–H groups in total. The zero-order valence-electron chi connectivity index (χ0n) is 17.8. The highest BCUT2D eigenvalue weighted by molar-refractivity contribution is 8.00. The van der Waals surface area contributed by atoms with Gasteiger partial charge in [-0.3, -0.25) is 4.79 Å². The van der Waals surface area contributed by atoms with Crippen molar-refractivity contribution >= 4 is 17.5 Å². The number of fused-ring (bicyclic) bond motifs is 1. The van der Waals surface area contributed by atoms with Gasteiger partial charge in [-0.15, -0.1) is 10.2 Å². The topological polar surface area (TPSA) is 69.0 Å². The van der Waals surface area contributed by atoms with Crippen LogP contribution < -0.4 is 10.2 Å². The lowest BCUT2D eigenvalue weighted by Gasteiger charge is -2.34. The number of methoxy groups -OCH3 is 1. The van der Waals surface area contributed by atoms with E-state index in [0.29, 0.717) is 10.7 Å². The number of carbonyl (C=O) groups excluding carboxylic acids is 1. The maximum absolute atomic E-state index is 13.5. The second kappa shape index (κ2) is 7.80. The molecular formula is C23H26N4O2S. The highest BCUT2D eigenvalue weighted by Crippen LogP contribution is 2.40. The third kappa shape index (κ3) is 3.81. The van der Waals surface area contributed by atoms with Gasteiger partial charge in [0.25, 0.3) is 0 Å². The zero-order chi connectivity index (χ0) is 21.5. The summed E-state index contributed by atoms with van der Waals surface area (Å²) in [7, 11) is 1.65. The summed E-state index contributed by atoms with van der Waals surface area (Å²) in [5.74, 6) is 1.69. The number of ether oxygens (including phenoxy) is 1. The van der Waals surface area contributed by atoms with Crippen LogP contribution in [0.3, 0.4) is 0 Å². The lowest BCUT2D eigenvalue weighted by Crippen LogP contribution is -2.40. The van der Waals surface area contributed by atoms with Crippen LogP contribution in [0, 0.1) is 6.92 Å². The van der Waals surface area contributed by atoms with Crippen molar-refractivity contribution in [2.45, 2.75) is 49.6 Å². The number of nitrogens with one attached hydrogen (secondary N) is 1. The van der Waals surface area contributed by atoms with Crippen molar-refractivity contribution in [3.8, 4) is 5.75 Å². The molecule has 1 aliphatic heterocycles. The molecule has 0 saturated carbocycles. The number of aromatic nitrogens is 3. The van der Waals surface area contributed by atoms with E-state index in [1.54, 1.807) is 7.11 Å². The summed E-state index contributed by atoms with van der Waals surface area (Å²) >= 11 is 1.46. The lowest BCUT2D eigenvalue weighted by molar-refractivity contribution is 0.0980. The van der Waals surface area contributed by atoms with Gasteiger partial charge < -0.3 is 10.2 Å². The SMILES string of the molecule is COc1ccc([C@H]2Nn3c(nnc3C(C)(C)C)S[C@@H]2C(=O)c2ccc(C)cc2)cc1. The number of hydrogen-bond donors (Lipinski definition) is 1. The minimum Gasteiger partial charge on any atom is -0.497 e. The van der Waals surface area contributed by atoms with Gasteiger partial charge in [0.1, 0.15) is 11.0 Å². The predicted molar refractivity (Wildman–Crippen MR) is 119 cm³/mol. The minimum absolute atomic E-state index is 0.0693. The Labute approximate surface area is 181 Å². The molecule has 7 heteroatoms. The van der Waals surface area contributed by atoms with Crippen molar-refractivity contribution < 1.29 is 9.53 Å². The van der Waals surface area contributed by atoms with Crippen molar-refractivity contribution in [1.82, 2.24) is 14.9 Å². The third-order valence-corrected chi connectivity index (χ3v) is 6.39. The number of ketones is 1. The quantitative estimate of drug-likeness (QED) is 0.623. The molecule has 2 atom stereocenters. The fourth-order valence-electron chi connectivity index (χ4n) is 3.48. The van der Waals surface area contributed by atoms with Crippen molar-refractivity contribution in [1.29, 1.82) is 0 Å². The number of carbonyl (C=O) groups is 1. The first-order chi connectivity index (χ1) is 14.3. The fourth-order valence-corrected chi connectivity index (χ4v) is 4.64. The molecule has 4 rings (SSSR count). The van der Waals surface area contributed by atoms with E-state index < -0.39 is 0 Å². The van der Waals surface area contributed by atoms with Gasteiger partial charge in [0.15, 0.2) is 11.6 Å². The van der Waals surface area contributed by atoms with Crippen molar-refractivity contribution in [2.75, 3.05) is 12.5 Å². The summed E-state index contributed by atoms with van der Waals surface area (Å²) in [4.78, 5) is 13.5. The van der Waals surface area contributed by atoms with Gasteiger partial charge in [-0.25, -0.2) is 4.68 Å². The van der Waals surface area contributed by atoms with Crippen LogP contribution in [0.1, 0.15) is 54.1 Å². The Hall–Kier alpha value is -2.80. The van der Waals surface area contributed by atoms with Crippen LogP contribution in [-0.2, 0) is 5.41 Å². The van der Waals surface area contributed by atoms with E-state index in [-0.39, 0.29) is 22.5 Å². The normalized spacial score (nSPS) is 18.4. The molecule has 0 radical (unpaired) electrons. The van der Waals surface area contributed by atoms with Crippen molar-refractivity contribution in [3.05, 3.63) is 71.0 Å². The maximum Gasteiger partial charge on any atom is 0.210 e. The largest absolute Gasteiger partial charge is 0.497 e. The first kappa shape index (κ1) is 20.5. The van der Waals surface area contributed by atoms with E-state index >= 15 is 0 Å². The van der Waals surface area contributed by atoms with Crippen LogP contribution in [0.4, 0.5) is 0 Å². The number of rotatable bonds is 4. The number of aryl methyl sites for hydroxylation is 1. The van der Waals surface area contributed by atoms with E-state index in [1.807, 2.05) is 60.1 Å².